The normalized spacial score (nSPS) is 19.2. The monoisotopic (exact) mass is 500 g/mol. The first-order valence-corrected chi connectivity index (χ1v) is 12.4. The number of rotatable bonds is 11. The number of halogens is 4. The fraction of sp³-hybridized carbons (Fsp3) is 0.526. The van der Waals surface area contributed by atoms with Gasteiger partial charge in [0.2, 0.25) is 0 Å². The van der Waals surface area contributed by atoms with Gasteiger partial charge in [-0.15, -0.1) is 0 Å². The van der Waals surface area contributed by atoms with Crippen LogP contribution in [0.2, 0.25) is 0 Å². The lowest BCUT2D eigenvalue weighted by Crippen LogP contribution is -2.35. The first-order valence-electron chi connectivity index (χ1n) is 9.61. The van der Waals surface area contributed by atoms with Crippen molar-refractivity contribution in [1.82, 2.24) is 9.80 Å². The van der Waals surface area contributed by atoms with Gasteiger partial charge in [0.1, 0.15) is 11.6 Å². The Morgan fingerprint density at radius 3 is 2.47 bits per heavy atom. The smallest absolute Gasteiger partial charge is 0.335 e. The zero-order valence-corrected chi connectivity index (χ0v) is 18.9. The third-order valence-electron chi connectivity index (χ3n) is 4.79. The van der Waals surface area contributed by atoms with Gasteiger partial charge < -0.3 is 24.7 Å². The molecule has 1 aromatic carbocycles. The third kappa shape index (κ3) is 7.48. The lowest BCUT2D eigenvalue weighted by atomic mass is 10.0. The molecule has 1 aromatic rings. The van der Waals surface area contributed by atoms with Crippen LogP contribution in [0.5, 0.6) is 0 Å². The number of aliphatic hydroxyl groups is 1. The van der Waals surface area contributed by atoms with Crippen LogP contribution in [0.25, 0.3) is 0 Å². The minimum absolute atomic E-state index is 0.116. The number of carbonyl (C=O) groups is 1. The van der Waals surface area contributed by atoms with Crippen molar-refractivity contribution in [1.29, 1.82) is 0 Å². The van der Waals surface area contributed by atoms with Crippen molar-refractivity contribution in [2.24, 2.45) is 0 Å². The molecule has 13 heteroatoms. The first-order chi connectivity index (χ1) is 14.7. The number of carbonyl (C=O) groups excluding carboxylic acids is 1. The lowest BCUT2D eigenvalue weighted by Gasteiger charge is -2.24. The SMILES string of the molecule is CN1C[C@H](/C=C/C(O)C(F)(F)c2ccccc2)N(CCCC(F)(F)SCP(=O)(O)O)C1=O. The molecule has 0 spiro atoms. The second-order valence-electron chi connectivity index (χ2n) is 7.42. The molecule has 1 aliphatic heterocycles. The minimum Gasteiger partial charge on any atom is -0.382 e. The fourth-order valence-corrected chi connectivity index (χ4v) is 4.85. The van der Waals surface area contributed by atoms with Gasteiger partial charge in [-0.25, -0.2) is 4.79 Å². The zero-order chi connectivity index (χ0) is 24.2. The molecule has 2 atom stereocenters. The molecule has 7 nitrogen and oxygen atoms in total. The van der Waals surface area contributed by atoms with Crippen LogP contribution in [0.4, 0.5) is 22.4 Å². The molecule has 1 saturated heterocycles. The maximum Gasteiger partial charge on any atom is 0.335 e. The Balaban J connectivity index is 1.99. The molecule has 0 aromatic heterocycles. The molecule has 0 radical (unpaired) electrons. The molecular formula is C19H25F4N2O5PS. The minimum atomic E-state index is -4.58. The van der Waals surface area contributed by atoms with Crippen LogP contribution in [0.3, 0.4) is 0 Å². The zero-order valence-electron chi connectivity index (χ0n) is 17.2. The van der Waals surface area contributed by atoms with Crippen molar-refractivity contribution in [2.75, 3.05) is 25.6 Å². The second kappa shape index (κ2) is 10.6. The molecule has 1 heterocycles. The highest BCUT2D eigenvalue weighted by Gasteiger charge is 2.40. The number of thioether (sulfide) groups is 1. The second-order valence-corrected chi connectivity index (χ2v) is 10.7. The number of hydrogen-bond donors (Lipinski definition) is 3. The summed E-state index contributed by atoms with van der Waals surface area (Å²) >= 11 is -0.156. The number of hydrogen-bond acceptors (Lipinski definition) is 4. The maximum atomic E-state index is 14.4. The number of urea groups is 1. The van der Waals surface area contributed by atoms with Crippen LogP contribution in [0.15, 0.2) is 42.5 Å². The summed E-state index contributed by atoms with van der Waals surface area (Å²) in [6.07, 6.45) is -0.906. The van der Waals surface area contributed by atoms with E-state index in [9.17, 15) is 32.0 Å². The summed E-state index contributed by atoms with van der Waals surface area (Å²) in [7, 11) is -3.11. The van der Waals surface area contributed by atoms with E-state index in [2.05, 4.69) is 0 Å². The lowest BCUT2D eigenvalue weighted by molar-refractivity contribution is -0.0929. The maximum absolute atomic E-state index is 14.4. The van der Waals surface area contributed by atoms with Crippen molar-refractivity contribution in [2.45, 2.75) is 36.2 Å². The number of benzene rings is 1. The summed E-state index contributed by atoms with van der Waals surface area (Å²) in [6, 6.07) is 5.58. The number of aliphatic hydroxyl groups excluding tert-OH is 1. The largest absolute Gasteiger partial charge is 0.382 e. The number of alkyl halides is 4. The molecule has 0 saturated carbocycles. The first kappa shape index (κ1) is 26.7. The molecule has 1 unspecified atom stereocenters. The molecule has 2 amide bonds. The number of likely N-dealkylation sites (N-methyl/N-ethyl adjacent to an activating group) is 1. The summed E-state index contributed by atoms with van der Waals surface area (Å²) in [4.78, 5) is 32.3. The Morgan fingerprint density at radius 2 is 1.88 bits per heavy atom. The summed E-state index contributed by atoms with van der Waals surface area (Å²) in [5, 5.41) is 6.60. The van der Waals surface area contributed by atoms with E-state index in [1.807, 2.05) is 0 Å². The Kier molecular flexibility index (Phi) is 8.80. The van der Waals surface area contributed by atoms with Crippen LogP contribution >= 0.6 is 19.4 Å². The van der Waals surface area contributed by atoms with Gasteiger partial charge in [0.25, 0.3) is 5.25 Å². The van der Waals surface area contributed by atoms with E-state index >= 15 is 0 Å². The summed E-state index contributed by atoms with van der Waals surface area (Å²) < 4.78 is 67.3. The Hall–Kier alpha value is -1.59. The van der Waals surface area contributed by atoms with Gasteiger partial charge in [-0.05, 0) is 6.42 Å². The number of nitrogens with zero attached hydrogens (tertiary/aromatic N) is 2. The highest BCUT2D eigenvalue weighted by molar-refractivity contribution is 8.05. The van der Waals surface area contributed by atoms with Gasteiger partial charge in [-0.3, -0.25) is 4.57 Å². The van der Waals surface area contributed by atoms with Crippen molar-refractivity contribution in [3.63, 3.8) is 0 Å². The molecule has 180 valence electrons. The van der Waals surface area contributed by atoms with Gasteiger partial charge in [-0.1, -0.05) is 54.2 Å². The van der Waals surface area contributed by atoms with Gasteiger partial charge in [-0.2, -0.15) is 17.6 Å². The Labute approximate surface area is 187 Å². The highest BCUT2D eigenvalue weighted by atomic mass is 32.2. The van der Waals surface area contributed by atoms with Gasteiger partial charge >= 0.3 is 19.5 Å². The fourth-order valence-electron chi connectivity index (χ4n) is 3.14. The molecule has 32 heavy (non-hydrogen) atoms. The van der Waals surface area contributed by atoms with Crippen LogP contribution in [-0.2, 0) is 10.5 Å². The predicted molar refractivity (Wildman–Crippen MR) is 113 cm³/mol. The third-order valence-corrected chi connectivity index (χ3v) is 7.28. The summed E-state index contributed by atoms with van der Waals surface area (Å²) in [5.41, 5.74) is -1.40. The van der Waals surface area contributed by atoms with Crippen LogP contribution in [-0.4, -0.2) is 73.8 Å². The number of amides is 2. The van der Waals surface area contributed by atoms with Crippen molar-refractivity contribution in [3.05, 3.63) is 48.0 Å². The van der Waals surface area contributed by atoms with E-state index in [-0.39, 0.29) is 36.8 Å². The topological polar surface area (TPSA) is 101 Å². The van der Waals surface area contributed by atoms with Gasteiger partial charge in [0.15, 0.2) is 0 Å². The van der Waals surface area contributed by atoms with Crippen LogP contribution in [0.1, 0.15) is 18.4 Å². The molecular weight excluding hydrogens is 475 g/mol. The van der Waals surface area contributed by atoms with E-state index in [1.165, 1.54) is 47.2 Å². The molecule has 1 aliphatic rings. The van der Waals surface area contributed by atoms with Crippen LogP contribution in [0, 0.1) is 0 Å². The van der Waals surface area contributed by atoms with Gasteiger partial charge in [0.05, 0.1) is 6.04 Å². The molecule has 0 bridgehead atoms. The summed E-state index contributed by atoms with van der Waals surface area (Å²) in [5.74, 6) is -3.56. The van der Waals surface area contributed by atoms with E-state index in [4.69, 9.17) is 9.79 Å². The summed E-state index contributed by atoms with van der Waals surface area (Å²) in [6.45, 7) is 0.0116. The van der Waals surface area contributed by atoms with Crippen molar-refractivity contribution < 1.29 is 41.8 Å². The van der Waals surface area contributed by atoms with Crippen LogP contribution < -0.4 is 0 Å². The van der Waals surface area contributed by atoms with E-state index in [0.29, 0.717) is 0 Å². The molecule has 2 rings (SSSR count). The van der Waals surface area contributed by atoms with Crippen molar-refractivity contribution >= 4 is 25.4 Å². The Bertz CT molecular complexity index is 855. The highest BCUT2D eigenvalue weighted by Crippen LogP contribution is 2.45. The van der Waals surface area contributed by atoms with E-state index in [1.54, 1.807) is 6.07 Å². The molecule has 1 fully saturated rings. The predicted octanol–water partition coefficient (Wildman–Crippen LogP) is 3.67. The average Bonchev–Trinajstić information content (AvgIpc) is 2.98. The van der Waals surface area contributed by atoms with Gasteiger partial charge in [0, 0.05) is 32.1 Å². The van der Waals surface area contributed by atoms with E-state index in [0.717, 1.165) is 6.08 Å². The molecule has 0 aliphatic carbocycles. The quantitative estimate of drug-likeness (QED) is 0.244. The van der Waals surface area contributed by atoms with Crippen molar-refractivity contribution in [3.8, 4) is 0 Å². The average molecular weight is 500 g/mol. The van der Waals surface area contributed by atoms with E-state index < -0.39 is 48.9 Å². The Morgan fingerprint density at radius 1 is 1.25 bits per heavy atom. The standard InChI is InChI=1S/C19H25F4N2O5PS/c1-24-12-15(8-9-16(26)19(22,23)14-6-3-2-4-7-14)25(17(24)27)11-5-10-18(20,21)32-13-31(28,29)30/h2-4,6-9,15-16,26H,5,10-13H2,1H3,(H2,28,29,30)/b9-8+/t15-,16?/m0/s1. The molecule has 3 N–H and O–H groups in total.